The number of rotatable bonds is 6. The van der Waals surface area contributed by atoms with Gasteiger partial charge in [0.25, 0.3) is 15.9 Å². The fourth-order valence-electron chi connectivity index (χ4n) is 5.72. The number of sulfonamides is 1. The Labute approximate surface area is 237 Å². The summed E-state index contributed by atoms with van der Waals surface area (Å²) >= 11 is 0. The zero-order valence-electron chi connectivity index (χ0n) is 22.4. The maximum atomic E-state index is 13.8. The highest BCUT2D eigenvalue weighted by molar-refractivity contribution is 7.92. The van der Waals surface area contributed by atoms with Crippen LogP contribution in [0.1, 0.15) is 45.1 Å². The van der Waals surface area contributed by atoms with Crippen LogP contribution in [0.5, 0.6) is 0 Å². The minimum Gasteiger partial charge on any atom is -0.463 e. The molecule has 1 fully saturated rings. The third kappa shape index (κ3) is 4.60. The van der Waals surface area contributed by atoms with Crippen molar-refractivity contribution in [1.29, 1.82) is 0 Å². The average Bonchev–Trinajstić information content (AvgIpc) is 3.76. The van der Waals surface area contributed by atoms with Crippen LogP contribution in [-0.4, -0.2) is 51.9 Å². The summed E-state index contributed by atoms with van der Waals surface area (Å²) in [6.45, 7) is 1.33. The summed E-state index contributed by atoms with van der Waals surface area (Å²) in [5.41, 5.74) is 8.59. The maximum Gasteiger partial charge on any atom is 0.374 e. The van der Waals surface area contributed by atoms with Crippen LogP contribution in [-0.2, 0) is 26.7 Å². The van der Waals surface area contributed by atoms with Crippen molar-refractivity contribution in [3.05, 3.63) is 95.4 Å². The number of benzene rings is 2. The topological polar surface area (TPSA) is 136 Å². The van der Waals surface area contributed by atoms with Crippen molar-refractivity contribution in [1.82, 2.24) is 4.90 Å². The summed E-state index contributed by atoms with van der Waals surface area (Å²) in [5, 5.41) is -0.344. The van der Waals surface area contributed by atoms with Crippen LogP contribution < -0.4 is 10.0 Å². The first-order valence-corrected chi connectivity index (χ1v) is 14.7. The fourth-order valence-corrected chi connectivity index (χ4v) is 7.21. The van der Waals surface area contributed by atoms with Gasteiger partial charge in [0.2, 0.25) is 10.9 Å². The molecule has 0 atom stereocenters. The SMILES string of the molecule is COC(=O)c1ccc(S(=O)(=O)N2CC3(CCN(C(=O)c4ccc(-c5ccccc5)o4)CC3)c3cc(CN)ccc32)o1. The Morgan fingerprint density at radius 1 is 0.951 bits per heavy atom. The number of piperidine rings is 1. The molecule has 2 aliphatic rings. The summed E-state index contributed by atoms with van der Waals surface area (Å²) in [6.07, 6.45) is 1.09. The van der Waals surface area contributed by atoms with E-state index in [0.717, 1.165) is 16.7 Å². The number of amides is 1. The second kappa shape index (κ2) is 10.2. The van der Waals surface area contributed by atoms with Crippen LogP contribution >= 0.6 is 0 Å². The highest BCUT2D eigenvalue weighted by Crippen LogP contribution is 2.49. The minimum atomic E-state index is -4.13. The summed E-state index contributed by atoms with van der Waals surface area (Å²) in [4.78, 5) is 27.0. The van der Waals surface area contributed by atoms with E-state index in [-0.39, 0.29) is 29.1 Å². The van der Waals surface area contributed by atoms with Gasteiger partial charge in [-0.05, 0) is 54.3 Å². The number of ether oxygens (including phenoxy) is 1. The predicted molar refractivity (Wildman–Crippen MR) is 150 cm³/mol. The molecule has 0 bridgehead atoms. The molecule has 1 saturated heterocycles. The number of anilines is 1. The Kier molecular flexibility index (Phi) is 6.71. The summed E-state index contributed by atoms with van der Waals surface area (Å²) < 4.78 is 44.8. The van der Waals surface area contributed by atoms with Gasteiger partial charge in [-0.15, -0.1) is 0 Å². The summed E-state index contributed by atoms with van der Waals surface area (Å²) in [5.74, 6) is -0.275. The molecular weight excluding hydrogens is 546 g/mol. The molecule has 11 heteroatoms. The van der Waals surface area contributed by atoms with E-state index < -0.39 is 21.4 Å². The van der Waals surface area contributed by atoms with Crippen molar-refractivity contribution < 1.29 is 31.6 Å². The van der Waals surface area contributed by atoms with Gasteiger partial charge in [-0.25, -0.2) is 4.79 Å². The highest BCUT2D eigenvalue weighted by Gasteiger charge is 2.49. The van der Waals surface area contributed by atoms with Gasteiger partial charge in [-0.2, -0.15) is 8.42 Å². The second-order valence-corrected chi connectivity index (χ2v) is 12.1. The van der Waals surface area contributed by atoms with Crippen molar-refractivity contribution in [2.75, 3.05) is 31.0 Å². The van der Waals surface area contributed by atoms with Crippen LogP contribution in [0.15, 0.2) is 86.7 Å². The number of furan rings is 2. The third-order valence-corrected chi connectivity index (χ3v) is 9.61. The first-order chi connectivity index (χ1) is 19.8. The fraction of sp³-hybridized carbons (Fsp3) is 0.267. The van der Waals surface area contributed by atoms with E-state index in [1.165, 1.54) is 23.5 Å². The minimum absolute atomic E-state index is 0.174. The largest absolute Gasteiger partial charge is 0.463 e. The normalized spacial score (nSPS) is 16.1. The molecule has 10 nitrogen and oxygen atoms in total. The van der Waals surface area contributed by atoms with E-state index in [1.54, 1.807) is 23.1 Å². The van der Waals surface area contributed by atoms with Crippen LogP contribution in [0.2, 0.25) is 0 Å². The Balaban J connectivity index is 1.26. The zero-order chi connectivity index (χ0) is 28.8. The van der Waals surface area contributed by atoms with E-state index in [0.29, 0.717) is 43.9 Å². The molecule has 4 aromatic rings. The Morgan fingerprint density at radius 3 is 2.39 bits per heavy atom. The quantitative estimate of drug-likeness (QED) is 0.339. The lowest BCUT2D eigenvalue weighted by atomic mass is 9.74. The molecule has 2 aromatic carbocycles. The van der Waals surface area contributed by atoms with Crippen LogP contribution in [0.25, 0.3) is 11.3 Å². The summed E-state index contributed by atoms with van der Waals surface area (Å²) in [6, 6.07) is 21.1. The molecule has 1 amide bonds. The van der Waals surface area contributed by atoms with E-state index >= 15 is 0 Å². The maximum absolute atomic E-state index is 13.8. The number of esters is 1. The molecule has 2 N–H and O–H groups in total. The average molecular weight is 576 g/mol. The lowest BCUT2D eigenvalue weighted by Crippen LogP contribution is -2.47. The van der Waals surface area contributed by atoms with Crippen LogP contribution in [0, 0.1) is 0 Å². The number of hydrogen-bond donors (Lipinski definition) is 1. The number of fused-ring (bicyclic) bond motifs is 2. The van der Waals surface area contributed by atoms with Gasteiger partial charge in [0.05, 0.1) is 12.8 Å². The van der Waals surface area contributed by atoms with Gasteiger partial charge in [-0.3, -0.25) is 9.10 Å². The molecule has 2 aliphatic heterocycles. The Hall–Kier alpha value is -4.35. The van der Waals surface area contributed by atoms with Gasteiger partial charge in [-0.1, -0.05) is 42.5 Å². The standard InChI is InChI=1S/C30H29N3O7S/c1-38-29(35)26-11-12-27(40-26)41(36,37)33-19-30(22-17-20(18-31)7-8-23(22)33)13-15-32(16-14-30)28(34)25-10-9-24(39-25)21-5-3-2-4-6-21/h2-12,17H,13-16,18-19,31H2,1H3. The van der Waals surface area contributed by atoms with Crippen molar-refractivity contribution in [2.24, 2.45) is 5.73 Å². The zero-order valence-corrected chi connectivity index (χ0v) is 23.2. The summed E-state index contributed by atoms with van der Waals surface area (Å²) in [7, 11) is -2.94. The molecule has 212 valence electrons. The van der Waals surface area contributed by atoms with Gasteiger partial charge in [0, 0.05) is 37.2 Å². The van der Waals surface area contributed by atoms with E-state index in [9.17, 15) is 18.0 Å². The monoisotopic (exact) mass is 575 g/mol. The Bertz CT molecular complexity index is 1720. The number of nitrogens with zero attached hydrogens (tertiary/aromatic N) is 2. The van der Waals surface area contributed by atoms with Crippen molar-refractivity contribution >= 4 is 27.6 Å². The number of nitrogens with two attached hydrogens (primary N) is 1. The second-order valence-electron chi connectivity index (χ2n) is 10.3. The first kappa shape index (κ1) is 26.9. The van der Waals surface area contributed by atoms with E-state index in [1.807, 2.05) is 42.5 Å². The van der Waals surface area contributed by atoms with Gasteiger partial charge in [0.15, 0.2) is 5.76 Å². The molecule has 4 heterocycles. The van der Waals surface area contributed by atoms with Crippen molar-refractivity contribution in [3.63, 3.8) is 0 Å². The van der Waals surface area contributed by atoms with Crippen LogP contribution in [0.4, 0.5) is 5.69 Å². The number of carbonyl (C=O) groups excluding carboxylic acids is 2. The number of hydrogen-bond acceptors (Lipinski definition) is 8. The van der Waals surface area contributed by atoms with Gasteiger partial charge < -0.3 is 24.2 Å². The molecule has 0 saturated carbocycles. The number of likely N-dealkylation sites (tertiary alicyclic amines) is 1. The predicted octanol–water partition coefficient (Wildman–Crippen LogP) is 4.17. The first-order valence-electron chi connectivity index (χ1n) is 13.2. The lowest BCUT2D eigenvalue weighted by molar-refractivity contribution is 0.0558. The third-order valence-electron chi connectivity index (χ3n) is 7.98. The molecule has 0 radical (unpaired) electrons. The molecule has 6 rings (SSSR count). The van der Waals surface area contributed by atoms with Gasteiger partial charge >= 0.3 is 5.97 Å². The molecule has 41 heavy (non-hydrogen) atoms. The number of carbonyl (C=O) groups is 2. The van der Waals surface area contributed by atoms with Crippen LogP contribution in [0.3, 0.4) is 0 Å². The van der Waals surface area contributed by atoms with Crippen molar-refractivity contribution in [2.45, 2.75) is 29.9 Å². The molecule has 1 spiro atoms. The molecular formula is C30H29N3O7S. The number of methoxy groups -OCH3 is 1. The highest BCUT2D eigenvalue weighted by atomic mass is 32.2. The molecule has 0 aliphatic carbocycles. The lowest BCUT2D eigenvalue weighted by Gasteiger charge is -2.39. The van der Waals surface area contributed by atoms with E-state index in [2.05, 4.69) is 4.74 Å². The smallest absolute Gasteiger partial charge is 0.374 e. The Morgan fingerprint density at radius 2 is 1.68 bits per heavy atom. The molecule has 2 aromatic heterocycles. The van der Waals surface area contributed by atoms with E-state index in [4.69, 9.17) is 14.6 Å². The molecule has 0 unspecified atom stereocenters. The van der Waals surface area contributed by atoms with Gasteiger partial charge in [0.1, 0.15) is 5.76 Å². The van der Waals surface area contributed by atoms with Crippen molar-refractivity contribution in [3.8, 4) is 11.3 Å².